The van der Waals surface area contributed by atoms with Crippen molar-refractivity contribution < 1.29 is 8.42 Å². The van der Waals surface area contributed by atoms with Crippen LogP contribution in [-0.4, -0.2) is 44.2 Å². The first-order chi connectivity index (χ1) is 9.17. The lowest BCUT2D eigenvalue weighted by Gasteiger charge is -2.37. The molecule has 3 atom stereocenters. The van der Waals surface area contributed by atoms with Crippen molar-refractivity contribution >= 4 is 10.0 Å². The maximum atomic E-state index is 12.7. The second kappa shape index (κ2) is 5.70. The molecular weight excluding hydrogens is 260 g/mol. The molecule has 3 fully saturated rings. The lowest BCUT2D eigenvalue weighted by atomic mass is 9.94. The van der Waals surface area contributed by atoms with Gasteiger partial charge in [0, 0.05) is 12.6 Å². The lowest BCUT2D eigenvalue weighted by molar-refractivity contribution is 0.200. The molecule has 3 unspecified atom stereocenters. The van der Waals surface area contributed by atoms with Crippen molar-refractivity contribution in [3.05, 3.63) is 0 Å². The Morgan fingerprint density at radius 1 is 1.05 bits per heavy atom. The number of nitrogens with zero attached hydrogens (tertiary/aromatic N) is 1. The van der Waals surface area contributed by atoms with E-state index in [1.165, 1.54) is 19.3 Å². The summed E-state index contributed by atoms with van der Waals surface area (Å²) in [6.45, 7) is 2.69. The smallest absolute Gasteiger partial charge is 0.214 e. The molecule has 2 heterocycles. The van der Waals surface area contributed by atoms with Gasteiger partial charge in [0.15, 0.2) is 0 Å². The lowest BCUT2D eigenvalue weighted by Crippen LogP contribution is -2.48. The van der Waals surface area contributed by atoms with Crippen LogP contribution in [0.3, 0.4) is 0 Å². The fourth-order valence-electron chi connectivity index (χ4n) is 4.21. The van der Waals surface area contributed by atoms with Crippen molar-refractivity contribution in [2.75, 3.05) is 25.4 Å². The topological polar surface area (TPSA) is 49.4 Å². The highest BCUT2D eigenvalue weighted by Crippen LogP contribution is 2.38. The second-order valence-corrected chi connectivity index (χ2v) is 8.47. The molecule has 0 spiro atoms. The molecule has 4 nitrogen and oxygen atoms in total. The zero-order chi connectivity index (χ0) is 13.3. The summed E-state index contributed by atoms with van der Waals surface area (Å²) in [7, 11) is -3.04. The van der Waals surface area contributed by atoms with Crippen LogP contribution >= 0.6 is 0 Å². The molecule has 2 saturated heterocycles. The number of hydrogen-bond acceptors (Lipinski definition) is 3. The summed E-state index contributed by atoms with van der Waals surface area (Å²) in [4.78, 5) is 0. The van der Waals surface area contributed by atoms with Crippen molar-refractivity contribution in [2.45, 2.75) is 51.0 Å². The van der Waals surface area contributed by atoms with Crippen molar-refractivity contribution in [1.82, 2.24) is 9.62 Å². The highest BCUT2D eigenvalue weighted by Gasteiger charge is 2.41. The third kappa shape index (κ3) is 2.98. The summed E-state index contributed by atoms with van der Waals surface area (Å²) < 4.78 is 27.3. The fourth-order valence-corrected chi connectivity index (χ4v) is 6.38. The van der Waals surface area contributed by atoms with Gasteiger partial charge in [-0.15, -0.1) is 0 Å². The Labute approximate surface area is 117 Å². The van der Waals surface area contributed by atoms with E-state index in [1.807, 2.05) is 4.31 Å². The first-order valence-corrected chi connectivity index (χ1v) is 9.48. The highest BCUT2D eigenvalue weighted by atomic mass is 32.2. The van der Waals surface area contributed by atoms with Gasteiger partial charge in [-0.05, 0) is 63.5 Å². The van der Waals surface area contributed by atoms with Crippen LogP contribution in [0.1, 0.15) is 44.9 Å². The minimum absolute atomic E-state index is 0.320. The molecular formula is C14H26N2O2S. The number of piperidine rings is 2. The molecule has 19 heavy (non-hydrogen) atoms. The van der Waals surface area contributed by atoms with E-state index in [-0.39, 0.29) is 0 Å². The average molecular weight is 286 g/mol. The Kier molecular flexibility index (Phi) is 4.15. The molecule has 0 aromatic carbocycles. The first-order valence-electron chi connectivity index (χ1n) is 7.87. The molecule has 1 aliphatic carbocycles. The molecule has 3 aliphatic rings. The summed E-state index contributed by atoms with van der Waals surface area (Å²) in [6, 6.07) is 0.329. The standard InChI is InChI=1S/C14H26N2O2S/c17-19(18,11-12-4-2-8-15-10-12)16-9-3-6-13-5-1-7-14(13)16/h12-15H,1-11H2. The van der Waals surface area contributed by atoms with Gasteiger partial charge < -0.3 is 5.32 Å². The van der Waals surface area contributed by atoms with E-state index in [2.05, 4.69) is 5.32 Å². The summed E-state index contributed by atoms with van der Waals surface area (Å²) in [5, 5.41) is 3.32. The Hall–Kier alpha value is -0.130. The van der Waals surface area contributed by atoms with Gasteiger partial charge in [-0.3, -0.25) is 0 Å². The van der Waals surface area contributed by atoms with Gasteiger partial charge in [0.05, 0.1) is 5.75 Å². The monoisotopic (exact) mass is 286 g/mol. The number of sulfonamides is 1. The van der Waals surface area contributed by atoms with Gasteiger partial charge in [0.25, 0.3) is 0 Å². The summed E-state index contributed by atoms with van der Waals surface area (Å²) in [6.07, 6.45) is 8.02. The SMILES string of the molecule is O=S(=O)(CC1CCCNC1)N1CCCC2CCCC21. The van der Waals surface area contributed by atoms with Crippen LogP contribution in [0.5, 0.6) is 0 Å². The third-order valence-corrected chi connectivity index (χ3v) is 7.21. The number of fused-ring (bicyclic) bond motifs is 1. The van der Waals surface area contributed by atoms with E-state index in [0.29, 0.717) is 23.6 Å². The van der Waals surface area contributed by atoms with E-state index in [9.17, 15) is 8.42 Å². The zero-order valence-electron chi connectivity index (χ0n) is 11.7. The van der Waals surface area contributed by atoms with E-state index >= 15 is 0 Å². The molecule has 0 aromatic heterocycles. The van der Waals surface area contributed by atoms with Gasteiger partial charge in [0.1, 0.15) is 0 Å². The molecule has 3 rings (SSSR count). The highest BCUT2D eigenvalue weighted by molar-refractivity contribution is 7.89. The molecule has 110 valence electrons. The Morgan fingerprint density at radius 2 is 1.89 bits per heavy atom. The summed E-state index contributed by atoms with van der Waals surface area (Å²) in [5.41, 5.74) is 0. The van der Waals surface area contributed by atoms with Crippen molar-refractivity contribution in [3.8, 4) is 0 Å². The molecule has 0 bridgehead atoms. The number of hydrogen-bond donors (Lipinski definition) is 1. The Balaban J connectivity index is 1.68. The minimum atomic E-state index is -3.04. The number of nitrogens with one attached hydrogen (secondary N) is 1. The predicted molar refractivity (Wildman–Crippen MR) is 76.4 cm³/mol. The fraction of sp³-hybridized carbons (Fsp3) is 1.00. The molecule has 5 heteroatoms. The van der Waals surface area contributed by atoms with Crippen molar-refractivity contribution in [2.24, 2.45) is 11.8 Å². The van der Waals surface area contributed by atoms with Crippen LogP contribution in [0.25, 0.3) is 0 Å². The predicted octanol–water partition coefficient (Wildman–Crippen LogP) is 1.58. The zero-order valence-corrected chi connectivity index (χ0v) is 12.5. The molecule has 1 saturated carbocycles. The van der Waals surface area contributed by atoms with Gasteiger partial charge in [-0.2, -0.15) is 4.31 Å². The van der Waals surface area contributed by atoms with Crippen molar-refractivity contribution in [3.63, 3.8) is 0 Å². The maximum Gasteiger partial charge on any atom is 0.214 e. The average Bonchev–Trinajstić information content (AvgIpc) is 2.87. The Morgan fingerprint density at radius 3 is 2.68 bits per heavy atom. The molecule has 0 aromatic rings. The quantitative estimate of drug-likeness (QED) is 0.857. The summed E-state index contributed by atoms with van der Waals surface area (Å²) in [5.74, 6) is 1.33. The van der Waals surface area contributed by atoms with E-state index in [4.69, 9.17) is 0 Å². The Bertz CT molecular complexity index is 404. The van der Waals surface area contributed by atoms with Crippen LogP contribution in [0.2, 0.25) is 0 Å². The largest absolute Gasteiger partial charge is 0.316 e. The summed E-state index contributed by atoms with van der Waals surface area (Å²) >= 11 is 0. The van der Waals surface area contributed by atoms with Crippen LogP contribution in [-0.2, 0) is 10.0 Å². The van der Waals surface area contributed by atoms with E-state index < -0.39 is 10.0 Å². The van der Waals surface area contributed by atoms with E-state index in [1.54, 1.807) is 0 Å². The van der Waals surface area contributed by atoms with Crippen LogP contribution in [0, 0.1) is 11.8 Å². The van der Waals surface area contributed by atoms with E-state index in [0.717, 1.165) is 45.3 Å². The molecule has 2 aliphatic heterocycles. The van der Waals surface area contributed by atoms with Gasteiger partial charge in [0.2, 0.25) is 10.0 Å². The van der Waals surface area contributed by atoms with Gasteiger partial charge >= 0.3 is 0 Å². The maximum absolute atomic E-state index is 12.7. The van der Waals surface area contributed by atoms with Crippen LogP contribution < -0.4 is 5.32 Å². The van der Waals surface area contributed by atoms with Gasteiger partial charge in [-0.1, -0.05) is 6.42 Å². The second-order valence-electron chi connectivity index (χ2n) is 6.50. The first kappa shape index (κ1) is 13.8. The van der Waals surface area contributed by atoms with Gasteiger partial charge in [-0.25, -0.2) is 8.42 Å². The van der Waals surface area contributed by atoms with Crippen LogP contribution in [0.15, 0.2) is 0 Å². The minimum Gasteiger partial charge on any atom is -0.316 e. The van der Waals surface area contributed by atoms with Crippen LogP contribution in [0.4, 0.5) is 0 Å². The third-order valence-electron chi connectivity index (χ3n) is 5.14. The molecule has 1 N–H and O–H groups in total. The van der Waals surface area contributed by atoms with Crippen molar-refractivity contribution in [1.29, 1.82) is 0 Å². The molecule has 0 radical (unpaired) electrons. The molecule has 0 amide bonds. The number of rotatable bonds is 3. The normalized spacial score (nSPS) is 37.2.